The molecule has 144 valence electrons. The van der Waals surface area contributed by atoms with E-state index < -0.39 is 11.7 Å². The average Bonchev–Trinajstić information content (AvgIpc) is 3.20. The molecule has 0 spiro atoms. The monoisotopic (exact) mass is 382 g/mol. The number of hydrogen-bond donors (Lipinski definition) is 1. The number of anilines is 2. The Labute approximate surface area is 161 Å². The molecule has 0 saturated carbocycles. The molecule has 1 aliphatic heterocycles. The molecule has 28 heavy (non-hydrogen) atoms. The topological polar surface area (TPSA) is 85.2 Å². The van der Waals surface area contributed by atoms with Gasteiger partial charge in [0.1, 0.15) is 0 Å². The van der Waals surface area contributed by atoms with Gasteiger partial charge in [-0.3, -0.25) is 9.48 Å². The molecule has 9 heteroatoms. The maximum absolute atomic E-state index is 14.1. The van der Waals surface area contributed by atoms with Gasteiger partial charge in [-0.05, 0) is 5.56 Å². The van der Waals surface area contributed by atoms with Crippen LogP contribution in [0.3, 0.4) is 0 Å². The minimum absolute atomic E-state index is 0.155. The van der Waals surface area contributed by atoms with Gasteiger partial charge in [0.05, 0.1) is 37.7 Å². The summed E-state index contributed by atoms with van der Waals surface area (Å²) in [6, 6.07) is 9.77. The fourth-order valence-corrected chi connectivity index (χ4v) is 2.88. The Bertz CT molecular complexity index is 956. The van der Waals surface area contributed by atoms with E-state index in [4.69, 9.17) is 4.74 Å². The predicted molar refractivity (Wildman–Crippen MR) is 101 cm³/mol. The molecule has 1 aliphatic rings. The zero-order valence-electron chi connectivity index (χ0n) is 15.1. The van der Waals surface area contributed by atoms with E-state index in [1.54, 1.807) is 10.9 Å². The zero-order chi connectivity index (χ0) is 19.3. The highest BCUT2D eigenvalue weighted by Gasteiger charge is 2.18. The Morgan fingerprint density at radius 1 is 1.18 bits per heavy atom. The van der Waals surface area contributed by atoms with E-state index in [0.717, 1.165) is 11.8 Å². The van der Waals surface area contributed by atoms with Crippen molar-refractivity contribution >= 4 is 17.7 Å². The van der Waals surface area contributed by atoms with Gasteiger partial charge in [-0.15, -0.1) is 0 Å². The highest BCUT2D eigenvalue weighted by atomic mass is 19.1. The number of amides is 1. The number of carbonyl (C=O) groups excluding carboxylic acids is 1. The fourth-order valence-electron chi connectivity index (χ4n) is 2.88. The van der Waals surface area contributed by atoms with Crippen molar-refractivity contribution in [3.8, 4) is 0 Å². The second kappa shape index (κ2) is 8.13. The van der Waals surface area contributed by atoms with Gasteiger partial charge in [-0.2, -0.15) is 10.1 Å². The van der Waals surface area contributed by atoms with E-state index in [0.29, 0.717) is 44.4 Å². The van der Waals surface area contributed by atoms with Crippen LogP contribution in [0, 0.1) is 5.82 Å². The zero-order valence-corrected chi connectivity index (χ0v) is 15.1. The largest absolute Gasteiger partial charge is 0.378 e. The van der Waals surface area contributed by atoms with Crippen LogP contribution in [0.5, 0.6) is 0 Å². The molecule has 3 aromatic rings. The molecule has 1 saturated heterocycles. The van der Waals surface area contributed by atoms with E-state index >= 15 is 0 Å². The van der Waals surface area contributed by atoms with Crippen molar-refractivity contribution in [2.45, 2.75) is 6.54 Å². The fraction of sp³-hybridized carbons (Fsp3) is 0.263. The van der Waals surface area contributed by atoms with Gasteiger partial charge in [0.25, 0.3) is 5.91 Å². The van der Waals surface area contributed by atoms with E-state index in [1.165, 1.54) is 6.20 Å². The summed E-state index contributed by atoms with van der Waals surface area (Å²) in [6.45, 7) is 2.89. The summed E-state index contributed by atoms with van der Waals surface area (Å²) in [4.78, 5) is 22.6. The number of benzene rings is 1. The lowest BCUT2D eigenvalue weighted by atomic mass is 10.2. The van der Waals surface area contributed by atoms with Crippen LogP contribution < -0.4 is 10.2 Å². The van der Waals surface area contributed by atoms with E-state index in [1.807, 2.05) is 35.2 Å². The number of nitrogens with one attached hydrogen (secondary N) is 1. The van der Waals surface area contributed by atoms with E-state index in [-0.39, 0.29) is 5.82 Å². The molecule has 1 fully saturated rings. The van der Waals surface area contributed by atoms with Crippen LogP contribution in [-0.2, 0) is 11.3 Å². The smallest absolute Gasteiger partial charge is 0.260 e. The van der Waals surface area contributed by atoms with Gasteiger partial charge >= 0.3 is 0 Å². The summed E-state index contributed by atoms with van der Waals surface area (Å²) in [6.07, 6.45) is 4.12. The van der Waals surface area contributed by atoms with Crippen molar-refractivity contribution < 1.29 is 13.9 Å². The minimum atomic E-state index is -0.693. The normalized spacial score (nSPS) is 14.1. The number of nitrogens with zero attached hydrogens (tertiary/aromatic N) is 5. The van der Waals surface area contributed by atoms with Gasteiger partial charge in [0.2, 0.25) is 5.95 Å². The Kier molecular flexibility index (Phi) is 5.24. The van der Waals surface area contributed by atoms with Crippen LogP contribution in [0.25, 0.3) is 0 Å². The molecule has 3 heterocycles. The quantitative estimate of drug-likeness (QED) is 0.726. The Balaban J connectivity index is 1.46. The van der Waals surface area contributed by atoms with Gasteiger partial charge < -0.3 is 15.0 Å². The number of carbonyl (C=O) groups is 1. The van der Waals surface area contributed by atoms with E-state index in [9.17, 15) is 9.18 Å². The lowest BCUT2D eigenvalue weighted by molar-refractivity contribution is 0.102. The third kappa shape index (κ3) is 4.15. The number of rotatable bonds is 5. The Hall–Kier alpha value is -3.33. The molecule has 1 N–H and O–H groups in total. The van der Waals surface area contributed by atoms with Crippen LogP contribution in [-0.4, -0.2) is 52.0 Å². The van der Waals surface area contributed by atoms with Crippen molar-refractivity contribution in [1.82, 2.24) is 19.7 Å². The number of halogens is 1. The van der Waals surface area contributed by atoms with Gasteiger partial charge in [-0.1, -0.05) is 30.3 Å². The molecule has 1 aromatic carbocycles. The van der Waals surface area contributed by atoms with Crippen molar-refractivity contribution in [3.05, 3.63) is 65.9 Å². The first-order valence-corrected chi connectivity index (χ1v) is 8.92. The lowest BCUT2D eigenvalue weighted by Crippen LogP contribution is -2.37. The first kappa shape index (κ1) is 18.1. The molecule has 0 radical (unpaired) electrons. The van der Waals surface area contributed by atoms with E-state index in [2.05, 4.69) is 20.4 Å². The summed E-state index contributed by atoms with van der Waals surface area (Å²) in [5.74, 6) is -0.969. The number of morpholine rings is 1. The van der Waals surface area contributed by atoms with Crippen LogP contribution in [0.4, 0.5) is 16.2 Å². The predicted octanol–water partition coefficient (Wildman–Crippen LogP) is 1.95. The summed E-state index contributed by atoms with van der Waals surface area (Å²) in [5, 5.41) is 6.70. The second-order valence-corrected chi connectivity index (χ2v) is 6.33. The highest BCUT2D eigenvalue weighted by molar-refractivity contribution is 6.03. The van der Waals surface area contributed by atoms with Gasteiger partial charge in [0.15, 0.2) is 11.6 Å². The van der Waals surface area contributed by atoms with Crippen molar-refractivity contribution in [2.24, 2.45) is 0 Å². The molecule has 0 aliphatic carbocycles. The molecular weight excluding hydrogens is 363 g/mol. The molecule has 4 rings (SSSR count). The van der Waals surface area contributed by atoms with Crippen molar-refractivity contribution in [1.29, 1.82) is 0 Å². The molecular formula is C19H19FN6O2. The summed E-state index contributed by atoms with van der Waals surface area (Å²) >= 11 is 0. The lowest BCUT2D eigenvalue weighted by Gasteiger charge is -2.26. The average molecular weight is 382 g/mol. The molecule has 0 bridgehead atoms. The molecule has 0 atom stereocenters. The summed E-state index contributed by atoms with van der Waals surface area (Å²) in [7, 11) is 0. The number of hydrogen-bond acceptors (Lipinski definition) is 6. The molecule has 2 aromatic heterocycles. The minimum Gasteiger partial charge on any atom is -0.378 e. The summed E-state index contributed by atoms with van der Waals surface area (Å²) < 4.78 is 21.0. The Morgan fingerprint density at radius 3 is 2.75 bits per heavy atom. The van der Waals surface area contributed by atoms with Crippen molar-refractivity contribution in [2.75, 3.05) is 36.5 Å². The van der Waals surface area contributed by atoms with Crippen LogP contribution in [0.15, 0.2) is 48.9 Å². The third-order valence-electron chi connectivity index (χ3n) is 4.34. The SMILES string of the molecule is O=C(Nc1nc(N2CCOCC2)ncc1F)c1cnn(Cc2ccccc2)c1. The first-order chi connectivity index (χ1) is 13.7. The highest BCUT2D eigenvalue weighted by Crippen LogP contribution is 2.17. The van der Waals surface area contributed by atoms with Crippen LogP contribution >= 0.6 is 0 Å². The van der Waals surface area contributed by atoms with Gasteiger partial charge in [-0.25, -0.2) is 9.37 Å². The number of aromatic nitrogens is 4. The Morgan fingerprint density at radius 2 is 1.96 bits per heavy atom. The maximum Gasteiger partial charge on any atom is 0.260 e. The molecule has 8 nitrogen and oxygen atoms in total. The second-order valence-electron chi connectivity index (χ2n) is 6.33. The molecule has 0 unspecified atom stereocenters. The maximum atomic E-state index is 14.1. The standard InChI is InChI=1S/C19H19FN6O2/c20-16-11-21-19(25-6-8-28-9-7-25)24-17(16)23-18(27)15-10-22-26(13-15)12-14-4-2-1-3-5-14/h1-5,10-11,13H,6-9,12H2,(H,21,23,24,27). The van der Waals surface area contributed by atoms with Gasteiger partial charge in [0, 0.05) is 19.3 Å². The van der Waals surface area contributed by atoms with Crippen LogP contribution in [0.1, 0.15) is 15.9 Å². The third-order valence-corrected chi connectivity index (χ3v) is 4.34. The van der Waals surface area contributed by atoms with Crippen LogP contribution in [0.2, 0.25) is 0 Å². The van der Waals surface area contributed by atoms with Crippen molar-refractivity contribution in [3.63, 3.8) is 0 Å². The summed E-state index contributed by atoms with van der Waals surface area (Å²) in [5.41, 5.74) is 1.39. The molecule has 1 amide bonds. The first-order valence-electron chi connectivity index (χ1n) is 8.92. The number of ether oxygens (including phenoxy) is 1.